The fraction of sp³-hybridized carbons (Fsp3) is 0.438. The Morgan fingerprint density at radius 2 is 1.83 bits per heavy atom. The maximum atomic E-state index is 12.4. The zero-order valence-corrected chi connectivity index (χ0v) is 14.5. The highest BCUT2D eigenvalue weighted by Crippen LogP contribution is 2.23. The molecule has 1 rings (SSSR count). The number of ether oxygens (including phenoxy) is 1. The zero-order chi connectivity index (χ0) is 17.5. The van der Waals surface area contributed by atoms with Crippen molar-refractivity contribution in [3.63, 3.8) is 0 Å². The molecule has 0 radical (unpaired) electrons. The number of hydrogen-bond acceptors (Lipinski definition) is 4. The van der Waals surface area contributed by atoms with Gasteiger partial charge in [-0.2, -0.15) is 8.42 Å². The molecule has 0 unspecified atom stereocenters. The number of hydrogen-bond donors (Lipinski definition) is 1. The second-order valence-electron chi connectivity index (χ2n) is 5.18. The van der Waals surface area contributed by atoms with Gasteiger partial charge in [0, 0.05) is 18.8 Å². The highest BCUT2D eigenvalue weighted by atomic mass is 32.2. The number of allylic oxidation sites excluding steroid dienone is 1. The van der Waals surface area contributed by atoms with Crippen molar-refractivity contribution in [1.29, 1.82) is 0 Å². The first-order chi connectivity index (χ1) is 10.8. The Kier molecular flexibility index (Phi) is 7.41. The predicted molar refractivity (Wildman–Crippen MR) is 89.3 cm³/mol. The number of carbonyl (C=O) groups is 1. The number of rotatable bonds is 8. The second kappa shape index (κ2) is 8.81. The zero-order valence-electron chi connectivity index (χ0n) is 13.7. The molecule has 0 aliphatic heterocycles. The van der Waals surface area contributed by atoms with E-state index in [0.29, 0.717) is 12.3 Å². The molecular weight excluding hydrogens is 318 g/mol. The van der Waals surface area contributed by atoms with E-state index in [0.717, 1.165) is 11.1 Å². The maximum Gasteiger partial charge on any atom is 0.274 e. The average molecular weight is 341 g/mol. The fourth-order valence-electron chi connectivity index (χ4n) is 2.21. The minimum atomic E-state index is -4.39. The molecule has 1 amide bonds. The Bertz CT molecular complexity index is 648. The SMILES string of the molecule is CCOCCN(C(=O)CS(=O)(=O)O)C(=C(C)C)c1ccccc1. The van der Waals surface area contributed by atoms with E-state index >= 15 is 0 Å². The molecule has 0 saturated heterocycles. The minimum Gasteiger partial charge on any atom is -0.380 e. The van der Waals surface area contributed by atoms with E-state index in [1.165, 1.54) is 4.90 Å². The van der Waals surface area contributed by atoms with Gasteiger partial charge in [-0.3, -0.25) is 9.35 Å². The third-order valence-electron chi connectivity index (χ3n) is 3.06. The van der Waals surface area contributed by atoms with Crippen LogP contribution < -0.4 is 0 Å². The summed E-state index contributed by atoms with van der Waals surface area (Å²) in [5, 5.41) is 0. The molecule has 0 aliphatic carbocycles. The van der Waals surface area contributed by atoms with Crippen LogP contribution >= 0.6 is 0 Å². The third kappa shape index (κ3) is 6.52. The van der Waals surface area contributed by atoms with Gasteiger partial charge in [0.05, 0.1) is 6.61 Å². The normalized spacial score (nSPS) is 11.1. The van der Waals surface area contributed by atoms with Crippen LogP contribution in [0.2, 0.25) is 0 Å². The Labute approximate surface area is 137 Å². The third-order valence-corrected chi connectivity index (χ3v) is 3.67. The van der Waals surface area contributed by atoms with Crippen LogP contribution in [-0.2, 0) is 19.6 Å². The summed E-state index contributed by atoms with van der Waals surface area (Å²) in [6.45, 7) is 6.50. The molecule has 0 saturated carbocycles. The van der Waals surface area contributed by atoms with Crippen LogP contribution in [0.3, 0.4) is 0 Å². The summed E-state index contributed by atoms with van der Waals surface area (Å²) in [4.78, 5) is 13.7. The lowest BCUT2D eigenvalue weighted by molar-refractivity contribution is -0.125. The molecule has 6 nitrogen and oxygen atoms in total. The van der Waals surface area contributed by atoms with Gasteiger partial charge in [0.2, 0.25) is 5.91 Å². The number of carbonyl (C=O) groups excluding carboxylic acids is 1. The van der Waals surface area contributed by atoms with Gasteiger partial charge in [-0.15, -0.1) is 0 Å². The second-order valence-corrected chi connectivity index (χ2v) is 6.64. The van der Waals surface area contributed by atoms with E-state index in [2.05, 4.69) is 0 Å². The lowest BCUT2D eigenvalue weighted by Gasteiger charge is -2.27. The van der Waals surface area contributed by atoms with Gasteiger partial charge in [-0.1, -0.05) is 35.9 Å². The van der Waals surface area contributed by atoms with Crippen LogP contribution in [0.4, 0.5) is 0 Å². The standard InChI is InChI=1S/C16H23NO5S/c1-4-22-11-10-17(15(18)12-23(19,20)21)16(13(2)3)14-8-6-5-7-9-14/h5-9H,4,10-12H2,1-3H3,(H,19,20,21). The summed E-state index contributed by atoms with van der Waals surface area (Å²) in [6.07, 6.45) is 0. The topological polar surface area (TPSA) is 83.9 Å². The van der Waals surface area contributed by atoms with E-state index in [1.807, 2.05) is 51.1 Å². The van der Waals surface area contributed by atoms with Crippen molar-refractivity contribution in [2.75, 3.05) is 25.5 Å². The molecular formula is C16H23NO5S. The Morgan fingerprint density at radius 3 is 2.30 bits per heavy atom. The summed E-state index contributed by atoms with van der Waals surface area (Å²) in [5.74, 6) is -1.64. The minimum absolute atomic E-state index is 0.206. The molecule has 0 atom stereocenters. The molecule has 0 aliphatic rings. The van der Waals surface area contributed by atoms with Gasteiger partial charge in [0.1, 0.15) is 0 Å². The smallest absolute Gasteiger partial charge is 0.274 e. The molecule has 1 N–H and O–H groups in total. The molecule has 0 aromatic heterocycles. The van der Waals surface area contributed by atoms with Crippen LogP contribution in [0, 0.1) is 0 Å². The van der Waals surface area contributed by atoms with E-state index in [1.54, 1.807) is 0 Å². The highest BCUT2D eigenvalue weighted by molar-refractivity contribution is 7.86. The quantitative estimate of drug-likeness (QED) is 0.579. The van der Waals surface area contributed by atoms with Crippen LogP contribution in [0.1, 0.15) is 26.3 Å². The van der Waals surface area contributed by atoms with Crippen molar-refractivity contribution in [1.82, 2.24) is 4.90 Å². The lowest BCUT2D eigenvalue weighted by atomic mass is 10.1. The van der Waals surface area contributed by atoms with Gasteiger partial charge >= 0.3 is 0 Å². The Hall–Kier alpha value is -1.70. The van der Waals surface area contributed by atoms with E-state index < -0.39 is 21.8 Å². The molecule has 0 fully saturated rings. The van der Waals surface area contributed by atoms with Gasteiger partial charge in [0.25, 0.3) is 10.1 Å². The van der Waals surface area contributed by atoms with Gasteiger partial charge in [-0.05, 0) is 26.3 Å². The predicted octanol–water partition coefficient (Wildman–Crippen LogP) is 2.19. The molecule has 1 aromatic carbocycles. The molecule has 0 spiro atoms. The van der Waals surface area contributed by atoms with Crippen molar-refractivity contribution in [2.24, 2.45) is 0 Å². The lowest BCUT2D eigenvalue weighted by Crippen LogP contribution is -2.37. The van der Waals surface area contributed by atoms with Crippen molar-refractivity contribution in [3.8, 4) is 0 Å². The van der Waals surface area contributed by atoms with E-state index in [4.69, 9.17) is 9.29 Å². The fourth-order valence-corrected chi connectivity index (χ4v) is 2.67. The number of nitrogens with zero attached hydrogens (tertiary/aromatic N) is 1. The molecule has 23 heavy (non-hydrogen) atoms. The molecule has 128 valence electrons. The highest BCUT2D eigenvalue weighted by Gasteiger charge is 2.24. The van der Waals surface area contributed by atoms with E-state index in [9.17, 15) is 13.2 Å². The van der Waals surface area contributed by atoms with Crippen LogP contribution in [0.25, 0.3) is 5.70 Å². The maximum absolute atomic E-state index is 12.4. The summed E-state index contributed by atoms with van der Waals surface area (Å²) < 4.78 is 36.4. The van der Waals surface area contributed by atoms with Gasteiger partial charge < -0.3 is 9.64 Å². The first kappa shape index (κ1) is 19.3. The van der Waals surface area contributed by atoms with Crippen LogP contribution in [0.15, 0.2) is 35.9 Å². The Morgan fingerprint density at radius 1 is 1.22 bits per heavy atom. The van der Waals surface area contributed by atoms with Gasteiger partial charge in [-0.25, -0.2) is 0 Å². The monoisotopic (exact) mass is 341 g/mol. The first-order valence-corrected chi connectivity index (χ1v) is 8.93. The van der Waals surface area contributed by atoms with Crippen molar-refractivity contribution in [2.45, 2.75) is 20.8 Å². The molecule has 1 aromatic rings. The number of amides is 1. The van der Waals surface area contributed by atoms with Gasteiger partial charge in [0.15, 0.2) is 5.75 Å². The van der Waals surface area contributed by atoms with E-state index in [-0.39, 0.29) is 13.2 Å². The van der Waals surface area contributed by atoms with Crippen molar-refractivity contribution in [3.05, 3.63) is 41.5 Å². The summed E-state index contributed by atoms with van der Waals surface area (Å²) in [5.41, 5.74) is 2.28. The Balaban J connectivity index is 3.19. The largest absolute Gasteiger partial charge is 0.380 e. The summed E-state index contributed by atoms with van der Waals surface area (Å²) >= 11 is 0. The average Bonchev–Trinajstić information content (AvgIpc) is 2.45. The molecule has 7 heteroatoms. The number of benzene rings is 1. The van der Waals surface area contributed by atoms with Crippen molar-refractivity contribution >= 4 is 21.7 Å². The van der Waals surface area contributed by atoms with Crippen LogP contribution in [0.5, 0.6) is 0 Å². The van der Waals surface area contributed by atoms with Crippen LogP contribution in [-0.4, -0.2) is 49.3 Å². The first-order valence-electron chi connectivity index (χ1n) is 7.32. The molecule has 0 bridgehead atoms. The summed E-state index contributed by atoms with van der Waals surface area (Å²) in [6, 6.07) is 9.22. The molecule has 0 heterocycles. The summed E-state index contributed by atoms with van der Waals surface area (Å²) in [7, 11) is -4.39. The van der Waals surface area contributed by atoms with Crippen molar-refractivity contribution < 1.29 is 22.5 Å².